The van der Waals surface area contributed by atoms with E-state index in [4.69, 9.17) is 5.11 Å². The number of carbonyl (C=O) groups excluding carboxylic acids is 1. The second-order valence-corrected chi connectivity index (χ2v) is 4.23. The highest BCUT2D eigenvalue weighted by molar-refractivity contribution is 5.92. The lowest BCUT2D eigenvalue weighted by Gasteiger charge is -1.99. The average Bonchev–Trinajstić information content (AvgIpc) is 2.53. The van der Waals surface area contributed by atoms with Gasteiger partial charge in [0.15, 0.2) is 0 Å². The summed E-state index contributed by atoms with van der Waals surface area (Å²) in [6.45, 7) is 0. The van der Waals surface area contributed by atoms with E-state index >= 15 is 0 Å². The number of carbonyl (C=O) groups is 2. The molecule has 1 N–H and O–H groups in total. The van der Waals surface area contributed by atoms with E-state index in [1.165, 1.54) is 19.2 Å². The van der Waals surface area contributed by atoms with Crippen molar-refractivity contribution in [1.82, 2.24) is 0 Å². The van der Waals surface area contributed by atoms with Gasteiger partial charge in [0, 0.05) is 6.21 Å². The highest BCUT2D eigenvalue weighted by atomic mass is 16.5. The van der Waals surface area contributed by atoms with E-state index < -0.39 is 11.9 Å². The van der Waals surface area contributed by atoms with Crippen LogP contribution in [-0.4, -0.2) is 30.4 Å². The van der Waals surface area contributed by atoms with Crippen LogP contribution >= 0.6 is 0 Å². The predicted octanol–water partition coefficient (Wildman–Crippen LogP) is 2.92. The van der Waals surface area contributed by atoms with Gasteiger partial charge in [-0.15, -0.1) is 0 Å². The first-order valence-electron chi connectivity index (χ1n) is 6.16. The van der Waals surface area contributed by atoms with E-state index in [0.29, 0.717) is 16.8 Å². The summed E-state index contributed by atoms with van der Waals surface area (Å²) in [5.74, 6) is -1.38. The van der Waals surface area contributed by atoms with Crippen LogP contribution in [0, 0.1) is 0 Å². The van der Waals surface area contributed by atoms with E-state index in [0.717, 1.165) is 0 Å². The Hall–Kier alpha value is -2.95. The van der Waals surface area contributed by atoms with E-state index in [-0.39, 0.29) is 5.56 Å². The zero-order valence-corrected chi connectivity index (χ0v) is 11.3. The Morgan fingerprint density at radius 2 is 1.81 bits per heavy atom. The quantitative estimate of drug-likeness (QED) is 0.691. The van der Waals surface area contributed by atoms with Gasteiger partial charge < -0.3 is 9.84 Å². The highest BCUT2D eigenvalue weighted by Crippen LogP contribution is 2.14. The van der Waals surface area contributed by atoms with Crippen molar-refractivity contribution in [3.63, 3.8) is 0 Å². The van der Waals surface area contributed by atoms with Crippen molar-refractivity contribution < 1.29 is 19.4 Å². The Morgan fingerprint density at radius 1 is 1.10 bits per heavy atom. The molecule has 2 aromatic carbocycles. The fourth-order valence-corrected chi connectivity index (χ4v) is 1.70. The number of aliphatic imine (C=N–C) groups is 1. The van der Waals surface area contributed by atoms with Gasteiger partial charge in [0.25, 0.3) is 0 Å². The molecule has 0 bridgehead atoms. The van der Waals surface area contributed by atoms with Crippen LogP contribution in [0.25, 0.3) is 0 Å². The monoisotopic (exact) mass is 283 g/mol. The van der Waals surface area contributed by atoms with Crippen molar-refractivity contribution in [1.29, 1.82) is 0 Å². The van der Waals surface area contributed by atoms with Crippen molar-refractivity contribution in [2.75, 3.05) is 7.11 Å². The standard InChI is InChI=1S/C16H13NO4/c1-21-16(20)12-5-7-14(8-6-12)17-10-11-3-2-4-13(9-11)15(18)19/h2-10H,1H3,(H,18,19)/b17-10+. The van der Waals surface area contributed by atoms with E-state index in [1.807, 2.05) is 0 Å². The number of carboxylic acids is 1. The smallest absolute Gasteiger partial charge is 0.337 e. The molecule has 0 amide bonds. The summed E-state index contributed by atoms with van der Waals surface area (Å²) in [6, 6.07) is 13.1. The molecule has 0 unspecified atom stereocenters. The minimum absolute atomic E-state index is 0.208. The molecular weight excluding hydrogens is 270 g/mol. The average molecular weight is 283 g/mol. The third-order valence-electron chi connectivity index (χ3n) is 2.78. The fraction of sp³-hybridized carbons (Fsp3) is 0.0625. The van der Waals surface area contributed by atoms with Crippen molar-refractivity contribution in [3.05, 3.63) is 65.2 Å². The minimum atomic E-state index is -0.979. The first-order chi connectivity index (χ1) is 10.1. The second-order valence-electron chi connectivity index (χ2n) is 4.23. The summed E-state index contributed by atoms with van der Waals surface area (Å²) in [5.41, 5.74) is 2.00. The lowest BCUT2D eigenvalue weighted by Crippen LogP contribution is -1.99. The van der Waals surface area contributed by atoms with E-state index in [2.05, 4.69) is 9.73 Å². The van der Waals surface area contributed by atoms with Crippen LogP contribution in [0.3, 0.4) is 0 Å². The maximum Gasteiger partial charge on any atom is 0.337 e. The molecular formula is C16H13NO4. The predicted molar refractivity (Wildman–Crippen MR) is 78.4 cm³/mol. The lowest BCUT2D eigenvalue weighted by atomic mass is 10.1. The molecule has 0 fully saturated rings. The maximum atomic E-state index is 11.3. The Balaban J connectivity index is 2.16. The second kappa shape index (κ2) is 6.47. The summed E-state index contributed by atoms with van der Waals surface area (Å²) in [5, 5.41) is 8.91. The lowest BCUT2D eigenvalue weighted by molar-refractivity contribution is 0.0600. The summed E-state index contributed by atoms with van der Waals surface area (Å²) in [6.07, 6.45) is 1.57. The largest absolute Gasteiger partial charge is 0.478 e. The number of rotatable bonds is 4. The van der Waals surface area contributed by atoms with Gasteiger partial charge in [-0.25, -0.2) is 9.59 Å². The normalized spacial score (nSPS) is 10.5. The van der Waals surface area contributed by atoms with Crippen molar-refractivity contribution in [2.24, 2.45) is 4.99 Å². The van der Waals surface area contributed by atoms with E-state index in [9.17, 15) is 9.59 Å². The zero-order valence-electron chi connectivity index (χ0n) is 11.3. The van der Waals surface area contributed by atoms with Gasteiger partial charge in [0.2, 0.25) is 0 Å². The van der Waals surface area contributed by atoms with Crippen LogP contribution in [-0.2, 0) is 4.74 Å². The third kappa shape index (κ3) is 3.76. The molecule has 0 spiro atoms. The van der Waals surface area contributed by atoms with Gasteiger partial charge in [-0.3, -0.25) is 4.99 Å². The molecule has 5 heteroatoms. The summed E-state index contributed by atoms with van der Waals surface area (Å²) in [7, 11) is 1.32. The molecule has 0 aliphatic rings. The van der Waals surface area contributed by atoms with Gasteiger partial charge in [-0.05, 0) is 42.0 Å². The Morgan fingerprint density at radius 3 is 2.43 bits per heavy atom. The number of benzene rings is 2. The van der Waals surface area contributed by atoms with Crippen LogP contribution in [0.5, 0.6) is 0 Å². The zero-order chi connectivity index (χ0) is 15.2. The molecule has 0 radical (unpaired) electrons. The van der Waals surface area contributed by atoms with Crippen molar-refractivity contribution in [3.8, 4) is 0 Å². The molecule has 0 aliphatic heterocycles. The molecule has 0 heterocycles. The third-order valence-corrected chi connectivity index (χ3v) is 2.78. The van der Waals surface area contributed by atoms with Crippen LogP contribution in [0.2, 0.25) is 0 Å². The van der Waals surface area contributed by atoms with Gasteiger partial charge in [-0.2, -0.15) is 0 Å². The molecule has 5 nitrogen and oxygen atoms in total. The first kappa shape index (κ1) is 14.5. The van der Waals surface area contributed by atoms with Crippen molar-refractivity contribution >= 4 is 23.8 Å². The number of ether oxygens (including phenoxy) is 1. The number of methoxy groups -OCH3 is 1. The summed E-state index contributed by atoms with van der Waals surface area (Å²) >= 11 is 0. The molecule has 0 saturated carbocycles. The number of hydrogen-bond acceptors (Lipinski definition) is 4. The first-order valence-corrected chi connectivity index (χ1v) is 6.16. The molecule has 0 saturated heterocycles. The van der Waals surface area contributed by atoms with E-state index in [1.54, 1.807) is 42.6 Å². The van der Waals surface area contributed by atoms with Crippen molar-refractivity contribution in [2.45, 2.75) is 0 Å². The number of hydrogen-bond donors (Lipinski definition) is 1. The number of nitrogens with zero attached hydrogens (tertiary/aromatic N) is 1. The Labute approximate surface area is 121 Å². The van der Waals surface area contributed by atoms with Crippen LogP contribution < -0.4 is 0 Å². The van der Waals surface area contributed by atoms with Gasteiger partial charge >= 0.3 is 11.9 Å². The number of carboxylic acid groups (broad SMARTS) is 1. The minimum Gasteiger partial charge on any atom is -0.478 e. The van der Waals surface area contributed by atoms with Crippen LogP contribution in [0.1, 0.15) is 26.3 Å². The van der Waals surface area contributed by atoms with Gasteiger partial charge in [0.05, 0.1) is 23.9 Å². The fourth-order valence-electron chi connectivity index (χ4n) is 1.70. The van der Waals surface area contributed by atoms with Crippen LogP contribution in [0.15, 0.2) is 53.5 Å². The summed E-state index contributed by atoms with van der Waals surface area (Å²) in [4.78, 5) is 26.4. The topological polar surface area (TPSA) is 76.0 Å². The maximum absolute atomic E-state index is 11.3. The molecule has 2 rings (SSSR count). The number of esters is 1. The molecule has 2 aromatic rings. The molecule has 21 heavy (non-hydrogen) atoms. The summed E-state index contributed by atoms with van der Waals surface area (Å²) < 4.78 is 4.61. The molecule has 0 aromatic heterocycles. The molecule has 106 valence electrons. The Bertz CT molecular complexity index is 690. The molecule has 0 atom stereocenters. The molecule has 0 aliphatic carbocycles. The van der Waals surface area contributed by atoms with Crippen LogP contribution in [0.4, 0.5) is 5.69 Å². The SMILES string of the molecule is COC(=O)c1ccc(/N=C/c2cccc(C(=O)O)c2)cc1. The van der Waals surface area contributed by atoms with Gasteiger partial charge in [0.1, 0.15) is 0 Å². The highest BCUT2D eigenvalue weighted by Gasteiger charge is 2.04. The Kier molecular flexibility index (Phi) is 4.46. The van der Waals surface area contributed by atoms with Gasteiger partial charge in [-0.1, -0.05) is 12.1 Å². The number of aromatic carboxylic acids is 1.